The van der Waals surface area contributed by atoms with Crippen LogP contribution in [0.25, 0.3) is 0 Å². The van der Waals surface area contributed by atoms with Crippen molar-refractivity contribution in [3.05, 3.63) is 35.4 Å². The fourth-order valence-electron chi connectivity index (χ4n) is 2.85. The van der Waals surface area contributed by atoms with Crippen molar-refractivity contribution < 1.29 is 33.3 Å². The van der Waals surface area contributed by atoms with Crippen molar-refractivity contribution in [1.29, 1.82) is 0 Å². The zero-order valence-electron chi connectivity index (χ0n) is 16.1. The van der Waals surface area contributed by atoms with Crippen LogP contribution in [0.4, 0.5) is 8.78 Å². The van der Waals surface area contributed by atoms with E-state index in [1.54, 1.807) is 6.92 Å². The number of aliphatic hydroxyl groups excluding tert-OH is 2. The highest BCUT2D eigenvalue weighted by Gasteiger charge is 2.25. The summed E-state index contributed by atoms with van der Waals surface area (Å²) in [6.07, 6.45) is -0.912. The molecule has 28 heavy (non-hydrogen) atoms. The maximum atomic E-state index is 13.4. The minimum Gasteiger partial charge on any atom is -0.396 e. The van der Waals surface area contributed by atoms with Crippen molar-refractivity contribution in [3.63, 3.8) is 0 Å². The van der Waals surface area contributed by atoms with Gasteiger partial charge in [-0.2, -0.15) is 0 Å². The number of hydrogen-bond donors (Lipinski definition) is 4. The first-order valence-corrected chi connectivity index (χ1v) is 9.13. The summed E-state index contributed by atoms with van der Waals surface area (Å²) in [7, 11) is 0. The fourth-order valence-corrected chi connectivity index (χ4v) is 2.85. The van der Waals surface area contributed by atoms with E-state index in [-0.39, 0.29) is 38.0 Å². The van der Waals surface area contributed by atoms with Gasteiger partial charge in [0.2, 0.25) is 11.8 Å². The molecule has 4 N–H and O–H groups in total. The average Bonchev–Trinajstić information content (AvgIpc) is 2.58. The minimum atomic E-state index is -1.13. The molecule has 0 spiro atoms. The Morgan fingerprint density at radius 3 is 2.36 bits per heavy atom. The molecule has 0 bridgehead atoms. The van der Waals surface area contributed by atoms with Gasteiger partial charge in [-0.3, -0.25) is 9.59 Å². The Hall–Kier alpha value is -2.10. The van der Waals surface area contributed by atoms with Crippen LogP contribution in [0.1, 0.15) is 32.3 Å². The molecule has 0 heterocycles. The fraction of sp³-hybridized carbons (Fsp3) is 0.579. The Morgan fingerprint density at radius 2 is 1.82 bits per heavy atom. The van der Waals surface area contributed by atoms with Gasteiger partial charge in [-0.15, -0.1) is 0 Å². The molecule has 0 aromatic heterocycles. The van der Waals surface area contributed by atoms with Crippen molar-refractivity contribution >= 4 is 11.8 Å². The van der Waals surface area contributed by atoms with Gasteiger partial charge in [0.05, 0.1) is 12.1 Å². The van der Waals surface area contributed by atoms with Gasteiger partial charge in [-0.1, -0.05) is 0 Å². The van der Waals surface area contributed by atoms with E-state index in [0.29, 0.717) is 6.61 Å². The molecule has 3 atom stereocenters. The lowest BCUT2D eigenvalue weighted by atomic mass is 9.95. The molecule has 0 saturated carbocycles. The van der Waals surface area contributed by atoms with Crippen LogP contribution in [-0.4, -0.2) is 60.0 Å². The van der Waals surface area contributed by atoms with Gasteiger partial charge >= 0.3 is 0 Å². The highest BCUT2D eigenvalue weighted by Crippen LogP contribution is 2.15. The van der Waals surface area contributed by atoms with Crippen molar-refractivity contribution in [2.75, 3.05) is 19.8 Å². The lowest BCUT2D eigenvalue weighted by molar-refractivity contribution is -0.127. The standard InChI is InChI=1S/C19H28F2N2O5/c1-3-28-11-19(27)23-16(4-5-24)10-18(26)17(22-12(2)25)8-13-6-14(20)9-15(21)7-13/h6-7,9,16-18,24,26H,3-5,8,10-11H2,1-2H3,(H,22,25)(H,23,27)/t16?,17-,18-/m0/s1. The summed E-state index contributed by atoms with van der Waals surface area (Å²) in [6.45, 7) is 3.02. The third kappa shape index (κ3) is 9.20. The van der Waals surface area contributed by atoms with Crippen molar-refractivity contribution in [3.8, 4) is 0 Å². The van der Waals surface area contributed by atoms with Gasteiger partial charge in [0.25, 0.3) is 0 Å². The van der Waals surface area contributed by atoms with Crippen LogP contribution in [0.3, 0.4) is 0 Å². The largest absolute Gasteiger partial charge is 0.396 e. The molecule has 1 aromatic rings. The molecule has 1 unspecified atom stereocenters. The summed E-state index contributed by atoms with van der Waals surface area (Å²) in [5, 5.41) is 25.0. The Kier molecular flexibility index (Phi) is 10.6. The minimum absolute atomic E-state index is 0.00579. The maximum absolute atomic E-state index is 13.4. The van der Waals surface area contributed by atoms with Crippen LogP contribution in [-0.2, 0) is 20.7 Å². The average molecular weight is 402 g/mol. The number of carbonyl (C=O) groups excluding carboxylic acids is 2. The summed E-state index contributed by atoms with van der Waals surface area (Å²) < 4.78 is 31.9. The van der Waals surface area contributed by atoms with Crippen LogP contribution < -0.4 is 10.6 Å². The molecule has 0 aliphatic heterocycles. The van der Waals surface area contributed by atoms with E-state index in [1.165, 1.54) is 6.92 Å². The second-order valence-corrected chi connectivity index (χ2v) is 6.51. The number of aliphatic hydroxyl groups is 2. The van der Waals surface area contributed by atoms with Crippen molar-refractivity contribution in [2.45, 2.75) is 51.3 Å². The predicted octanol–water partition coefficient (Wildman–Crippen LogP) is 0.667. The first kappa shape index (κ1) is 23.9. The molecular weight excluding hydrogens is 374 g/mol. The number of hydrogen-bond acceptors (Lipinski definition) is 5. The predicted molar refractivity (Wildman–Crippen MR) is 98.4 cm³/mol. The van der Waals surface area contributed by atoms with Gasteiger partial charge in [-0.05, 0) is 43.9 Å². The maximum Gasteiger partial charge on any atom is 0.246 e. The first-order valence-electron chi connectivity index (χ1n) is 9.13. The molecular formula is C19H28F2N2O5. The summed E-state index contributed by atoms with van der Waals surface area (Å²) >= 11 is 0. The third-order valence-electron chi connectivity index (χ3n) is 4.04. The van der Waals surface area contributed by atoms with Gasteiger partial charge in [0.15, 0.2) is 0 Å². The Bertz CT molecular complexity index is 625. The number of amides is 2. The van der Waals surface area contributed by atoms with E-state index in [0.717, 1.165) is 18.2 Å². The van der Waals surface area contributed by atoms with Gasteiger partial charge in [0, 0.05) is 32.2 Å². The summed E-state index contributed by atoms with van der Waals surface area (Å²) in [6, 6.07) is 1.59. The van der Waals surface area contributed by atoms with Gasteiger partial charge < -0.3 is 25.6 Å². The molecule has 0 saturated heterocycles. The lowest BCUT2D eigenvalue weighted by Gasteiger charge is -2.28. The third-order valence-corrected chi connectivity index (χ3v) is 4.04. The second kappa shape index (κ2) is 12.4. The lowest BCUT2D eigenvalue weighted by Crippen LogP contribution is -2.48. The molecule has 0 fully saturated rings. The number of carbonyl (C=O) groups is 2. The smallest absolute Gasteiger partial charge is 0.246 e. The molecule has 0 radical (unpaired) electrons. The van der Waals surface area contributed by atoms with E-state index < -0.39 is 41.6 Å². The summed E-state index contributed by atoms with van der Waals surface area (Å²) in [5.41, 5.74) is 0.273. The molecule has 158 valence electrons. The summed E-state index contributed by atoms with van der Waals surface area (Å²) in [4.78, 5) is 23.3. The molecule has 0 aliphatic rings. The Morgan fingerprint density at radius 1 is 1.18 bits per heavy atom. The molecule has 9 heteroatoms. The molecule has 1 aromatic carbocycles. The highest BCUT2D eigenvalue weighted by atomic mass is 19.1. The van der Waals surface area contributed by atoms with Crippen LogP contribution in [0.15, 0.2) is 18.2 Å². The first-order chi connectivity index (χ1) is 13.2. The molecule has 2 amide bonds. The Balaban J connectivity index is 2.83. The topological polar surface area (TPSA) is 108 Å². The monoisotopic (exact) mass is 402 g/mol. The van der Waals surface area contributed by atoms with Gasteiger partial charge in [-0.25, -0.2) is 8.78 Å². The highest BCUT2D eigenvalue weighted by molar-refractivity contribution is 5.77. The van der Waals surface area contributed by atoms with E-state index >= 15 is 0 Å². The number of benzene rings is 1. The van der Waals surface area contributed by atoms with E-state index in [4.69, 9.17) is 4.74 Å². The molecule has 1 rings (SSSR count). The van der Waals surface area contributed by atoms with Crippen LogP contribution in [0.5, 0.6) is 0 Å². The number of rotatable bonds is 12. The second-order valence-electron chi connectivity index (χ2n) is 6.51. The van der Waals surface area contributed by atoms with Crippen LogP contribution in [0, 0.1) is 11.6 Å². The summed E-state index contributed by atoms with van der Waals surface area (Å²) in [5.74, 6) is -2.32. The zero-order valence-corrected chi connectivity index (χ0v) is 16.1. The van der Waals surface area contributed by atoms with E-state index in [1.807, 2.05) is 0 Å². The molecule has 7 nitrogen and oxygen atoms in total. The Labute approximate surface area is 163 Å². The van der Waals surface area contributed by atoms with Crippen molar-refractivity contribution in [1.82, 2.24) is 10.6 Å². The number of nitrogens with one attached hydrogen (secondary N) is 2. The number of halogens is 2. The van der Waals surface area contributed by atoms with Gasteiger partial charge in [0.1, 0.15) is 18.2 Å². The van der Waals surface area contributed by atoms with Crippen LogP contribution in [0.2, 0.25) is 0 Å². The molecule has 0 aliphatic carbocycles. The SMILES string of the molecule is CCOCC(=O)NC(CCO)C[C@H](O)[C@H](Cc1cc(F)cc(F)c1)NC(C)=O. The van der Waals surface area contributed by atoms with Crippen LogP contribution >= 0.6 is 0 Å². The zero-order chi connectivity index (χ0) is 21.1. The normalized spacial score (nSPS) is 14.2. The quantitative estimate of drug-likeness (QED) is 0.411. The van der Waals surface area contributed by atoms with E-state index in [2.05, 4.69) is 10.6 Å². The van der Waals surface area contributed by atoms with E-state index in [9.17, 15) is 28.6 Å². The number of ether oxygens (including phenoxy) is 1. The van der Waals surface area contributed by atoms with Crippen molar-refractivity contribution in [2.24, 2.45) is 0 Å².